The van der Waals surface area contributed by atoms with E-state index in [-0.39, 0.29) is 0 Å². The van der Waals surface area contributed by atoms with E-state index >= 15 is 0 Å². The summed E-state index contributed by atoms with van der Waals surface area (Å²) < 4.78 is 0. The van der Waals surface area contributed by atoms with Crippen LogP contribution in [-0.4, -0.2) is 16.4 Å². The van der Waals surface area contributed by atoms with Crippen LogP contribution in [0, 0.1) is 0 Å². The van der Waals surface area contributed by atoms with E-state index in [1.165, 1.54) is 16.7 Å². The van der Waals surface area contributed by atoms with E-state index in [4.69, 9.17) is 11.6 Å². The molecule has 0 spiro atoms. The van der Waals surface area contributed by atoms with Gasteiger partial charge in [-0.25, -0.2) is 0 Å². The van der Waals surface area contributed by atoms with E-state index in [1.807, 2.05) is 30.6 Å². The summed E-state index contributed by atoms with van der Waals surface area (Å²) in [4.78, 5) is 6.64. The average Bonchev–Trinajstić information content (AvgIpc) is 2.81. The molecule has 2 aromatic rings. The molecule has 3 rings (SSSR count). The molecule has 0 radical (unpaired) electrons. The molecule has 0 saturated carbocycles. The van der Waals surface area contributed by atoms with Crippen molar-refractivity contribution in [1.82, 2.24) is 9.88 Å². The summed E-state index contributed by atoms with van der Waals surface area (Å²) in [6.45, 7) is 6.01. The van der Waals surface area contributed by atoms with Gasteiger partial charge >= 0.3 is 0 Å². The average molecular weight is 285 g/mol. The molecule has 1 unspecified atom stereocenters. The molecular formula is C17H17ClN2. The first kappa shape index (κ1) is 13.3. The minimum atomic E-state index is 0.389. The Hall–Kier alpha value is -1.64. The number of benzene rings is 1. The molecule has 1 aromatic heterocycles. The Labute approximate surface area is 124 Å². The molecule has 3 heteroatoms. The Balaban J connectivity index is 1.81. The number of hydrogen-bond acceptors (Lipinski definition) is 2. The van der Waals surface area contributed by atoms with E-state index in [1.54, 1.807) is 0 Å². The first-order chi connectivity index (χ1) is 9.72. The van der Waals surface area contributed by atoms with Crippen molar-refractivity contribution in [3.05, 3.63) is 77.1 Å². The van der Waals surface area contributed by atoms with Crippen molar-refractivity contribution in [1.29, 1.82) is 0 Å². The minimum absolute atomic E-state index is 0.389. The second-order valence-electron chi connectivity index (χ2n) is 5.29. The normalized spacial score (nSPS) is 19.4. The lowest BCUT2D eigenvalue weighted by molar-refractivity contribution is 0.250. The van der Waals surface area contributed by atoms with Crippen molar-refractivity contribution in [2.45, 2.75) is 19.0 Å². The zero-order valence-electron chi connectivity index (χ0n) is 11.3. The van der Waals surface area contributed by atoms with Crippen LogP contribution in [0.25, 0.3) is 0 Å². The van der Waals surface area contributed by atoms with Crippen molar-refractivity contribution < 1.29 is 0 Å². The summed E-state index contributed by atoms with van der Waals surface area (Å²) in [5.74, 6) is 0. The van der Waals surface area contributed by atoms with Crippen LogP contribution in [0.15, 0.2) is 60.9 Å². The summed E-state index contributed by atoms with van der Waals surface area (Å²) in [6.07, 6.45) is 4.75. The number of aromatic nitrogens is 1. The highest BCUT2D eigenvalue weighted by Gasteiger charge is 2.28. The van der Waals surface area contributed by atoms with Gasteiger partial charge in [-0.05, 0) is 35.7 Å². The molecule has 20 heavy (non-hydrogen) atoms. The van der Waals surface area contributed by atoms with Crippen LogP contribution in [-0.2, 0) is 6.54 Å². The molecule has 0 bridgehead atoms. The smallest absolute Gasteiger partial charge is 0.0406 e. The predicted molar refractivity (Wildman–Crippen MR) is 82.6 cm³/mol. The molecule has 102 valence electrons. The van der Waals surface area contributed by atoms with Crippen molar-refractivity contribution in [2.24, 2.45) is 0 Å². The van der Waals surface area contributed by atoms with Gasteiger partial charge in [0.15, 0.2) is 0 Å². The second kappa shape index (κ2) is 5.78. The van der Waals surface area contributed by atoms with Gasteiger partial charge in [0.1, 0.15) is 0 Å². The lowest BCUT2D eigenvalue weighted by Gasteiger charge is -2.24. The fraction of sp³-hybridized carbons (Fsp3) is 0.235. The van der Waals surface area contributed by atoms with E-state index in [0.29, 0.717) is 6.04 Å². The summed E-state index contributed by atoms with van der Waals surface area (Å²) in [7, 11) is 0. The van der Waals surface area contributed by atoms with E-state index in [0.717, 1.165) is 24.5 Å². The molecule has 1 atom stereocenters. The third kappa shape index (κ3) is 2.92. The summed E-state index contributed by atoms with van der Waals surface area (Å²) >= 11 is 5.97. The molecular weight excluding hydrogens is 268 g/mol. The van der Waals surface area contributed by atoms with Crippen LogP contribution in [0.3, 0.4) is 0 Å². The monoisotopic (exact) mass is 284 g/mol. The highest BCUT2D eigenvalue weighted by molar-refractivity contribution is 6.30. The van der Waals surface area contributed by atoms with Gasteiger partial charge in [-0.2, -0.15) is 0 Å². The maximum Gasteiger partial charge on any atom is 0.0406 e. The Morgan fingerprint density at radius 3 is 2.75 bits per heavy atom. The van der Waals surface area contributed by atoms with Crippen LogP contribution in [0.2, 0.25) is 5.02 Å². The van der Waals surface area contributed by atoms with Crippen LogP contribution in [0.5, 0.6) is 0 Å². The van der Waals surface area contributed by atoms with Crippen molar-refractivity contribution in [3.63, 3.8) is 0 Å². The fourth-order valence-electron chi connectivity index (χ4n) is 2.77. The number of nitrogens with zero attached hydrogens (tertiary/aromatic N) is 2. The van der Waals surface area contributed by atoms with E-state index < -0.39 is 0 Å². The lowest BCUT2D eigenvalue weighted by Crippen LogP contribution is -2.22. The number of hydrogen-bond donors (Lipinski definition) is 0. The Bertz CT molecular complexity index is 592. The van der Waals surface area contributed by atoms with Crippen LogP contribution in [0.1, 0.15) is 23.6 Å². The summed E-state index contributed by atoms with van der Waals surface area (Å²) in [5.41, 5.74) is 3.83. The highest BCUT2D eigenvalue weighted by atomic mass is 35.5. The molecule has 1 saturated heterocycles. The minimum Gasteiger partial charge on any atom is -0.288 e. The Kier molecular flexibility index (Phi) is 3.86. The van der Waals surface area contributed by atoms with Gasteiger partial charge in [-0.1, -0.05) is 42.0 Å². The first-order valence-electron chi connectivity index (χ1n) is 6.77. The maximum atomic E-state index is 5.97. The Morgan fingerprint density at radius 2 is 2.05 bits per heavy atom. The van der Waals surface area contributed by atoms with E-state index in [9.17, 15) is 0 Å². The van der Waals surface area contributed by atoms with Crippen LogP contribution >= 0.6 is 11.6 Å². The number of likely N-dealkylation sites (tertiary alicyclic amines) is 1. The molecule has 0 aliphatic carbocycles. The SMILES string of the molecule is C=C1CC(c2ccc(Cl)cc2)N(Cc2cccnc2)C1. The molecule has 1 aliphatic heterocycles. The van der Waals surface area contributed by atoms with Crippen LogP contribution < -0.4 is 0 Å². The molecule has 0 amide bonds. The standard InChI is InChI=1S/C17H17ClN2/c1-13-9-17(15-4-6-16(18)7-5-15)20(11-13)12-14-3-2-8-19-10-14/h2-8,10,17H,1,9,11-12H2. The quantitative estimate of drug-likeness (QED) is 0.784. The summed E-state index contributed by atoms with van der Waals surface area (Å²) in [5, 5.41) is 0.782. The molecule has 1 aromatic carbocycles. The van der Waals surface area contributed by atoms with Crippen molar-refractivity contribution in [2.75, 3.05) is 6.54 Å². The largest absolute Gasteiger partial charge is 0.288 e. The molecule has 0 N–H and O–H groups in total. The van der Waals surface area contributed by atoms with Gasteiger partial charge in [-0.15, -0.1) is 0 Å². The second-order valence-corrected chi connectivity index (χ2v) is 5.72. The number of pyridine rings is 1. The first-order valence-corrected chi connectivity index (χ1v) is 7.15. The molecule has 2 nitrogen and oxygen atoms in total. The van der Waals surface area contributed by atoms with Gasteiger partial charge in [0.2, 0.25) is 0 Å². The molecule has 2 heterocycles. The van der Waals surface area contributed by atoms with Gasteiger partial charge in [0.05, 0.1) is 0 Å². The third-order valence-corrected chi connectivity index (χ3v) is 3.96. The van der Waals surface area contributed by atoms with Gasteiger partial charge < -0.3 is 0 Å². The van der Waals surface area contributed by atoms with Gasteiger partial charge in [0.25, 0.3) is 0 Å². The number of halogens is 1. The highest BCUT2D eigenvalue weighted by Crippen LogP contribution is 2.35. The maximum absolute atomic E-state index is 5.97. The number of rotatable bonds is 3. The zero-order valence-corrected chi connectivity index (χ0v) is 12.1. The molecule has 1 fully saturated rings. The molecule has 1 aliphatic rings. The third-order valence-electron chi connectivity index (χ3n) is 3.71. The van der Waals surface area contributed by atoms with Gasteiger partial charge in [0, 0.05) is 36.5 Å². The van der Waals surface area contributed by atoms with Crippen molar-refractivity contribution >= 4 is 11.6 Å². The predicted octanol–water partition coefficient (Wildman–Crippen LogP) is 4.24. The summed E-state index contributed by atoms with van der Waals surface area (Å²) in [6, 6.07) is 12.6. The fourth-order valence-corrected chi connectivity index (χ4v) is 2.90. The topological polar surface area (TPSA) is 16.1 Å². The zero-order chi connectivity index (χ0) is 13.9. The van der Waals surface area contributed by atoms with Crippen LogP contribution in [0.4, 0.5) is 0 Å². The Morgan fingerprint density at radius 1 is 1.25 bits per heavy atom. The lowest BCUT2D eigenvalue weighted by atomic mass is 10.0. The van der Waals surface area contributed by atoms with E-state index in [2.05, 4.69) is 34.7 Å². The van der Waals surface area contributed by atoms with Crippen molar-refractivity contribution in [3.8, 4) is 0 Å². The van der Waals surface area contributed by atoms with Gasteiger partial charge in [-0.3, -0.25) is 9.88 Å².